The van der Waals surface area contributed by atoms with Crippen LogP contribution in [-0.2, 0) is 0 Å². The van der Waals surface area contributed by atoms with Crippen LogP contribution in [0.2, 0.25) is 0 Å². The Bertz CT molecular complexity index is 885. The molecule has 0 amide bonds. The highest BCUT2D eigenvalue weighted by atomic mass is 79.9. The van der Waals surface area contributed by atoms with E-state index in [2.05, 4.69) is 25.9 Å². The second-order valence-corrected chi connectivity index (χ2v) is 5.73. The standard InChI is InChI=1S/C15H12BrFN2O2/c1-7-3-2-4-8(13(7)17)14(20)9-5-11-12(6-10(9)16)19-15(21)18-11/h2-6,14,20H,1H3,(H2,18,19,21). The van der Waals surface area contributed by atoms with Gasteiger partial charge in [-0.15, -0.1) is 0 Å². The quantitative estimate of drug-likeness (QED) is 0.664. The summed E-state index contributed by atoms with van der Waals surface area (Å²) in [6, 6.07) is 8.20. The number of hydrogen-bond donors (Lipinski definition) is 3. The van der Waals surface area contributed by atoms with Crippen LogP contribution >= 0.6 is 15.9 Å². The number of hydrogen-bond acceptors (Lipinski definition) is 2. The van der Waals surface area contributed by atoms with Gasteiger partial charge < -0.3 is 15.1 Å². The number of benzene rings is 2. The molecule has 0 aliphatic carbocycles. The minimum Gasteiger partial charge on any atom is -0.384 e. The predicted molar refractivity (Wildman–Crippen MR) is 81.8 cm³/mol. The van der Waals surface area contributed by atoms with Gasteiger partial charge >= 0.3 is 5.69 Å². The van der Waals surface area contributed by atoms with E-state index in [0.717, 1.165) is 0 Å². The van der Waals surface area contributed by atoms with Gasteiger partial charge in [-0.2, -0.15) is 0 Å². The molecule has 2 aromatic carbocycles. The van der Waals surface area contributed by atoms with Gasteiger partial charge in [0, 0.05) is 15.6 Å². The van der Waals surface area contributed by atoms with E-state index in [-0.39, 0.29) is 11.3 Å². The van der Waals surface area contributed by atoms with E-state index < -0.39 is 11.9 Å². The smallest absolute Gasteiger partial charge is 0.323 e. The van der Waals surface area contributed by atoms with Crippen LogP contribution in [0.3, 0.4) is 0 Å². The maximum atomic E-state index is 14.1. The van der Waals surface area contributed by atoms with Crippen molar-refractivity contribution in [3.05, 3.63) is 67.8 Å². The number of nitrogens with one attached hydrogen (secondary N) is 2. The monoisotopic (exact) mass is 350 g/mol. The van der Waals surface area contributed by atoms with Gasteiger partial charge in [-0.1, -0.05) is 34.1 Å². The topological polar surface area (TPSA) is 68.9 Å². The molecule has 6 heteroatoms. The Kier molecular flexibility index (Phi) is 3.43. The highest BCUT2D eigenvalue weighted by molar-refractivity contribution is 9.10. The average Bonchev–Trinajstić information content (AvgIpc) is 2.79. The number of halogens is 2. The molecule has 0 radical (unpaired) electrons. The number of imidazole rings is 1. The van der Waals surface area contributed by atoms with E-state index in [1.807, 2.05) is 0 Å². The number of aromatic amines is 2. The van der Waals surface area contributed by atoms with Gasteiger partial charge in [0.2, 0.25) is 0 Å². The third kappa shape index (κ3) is 2.41. The van der Waals surface area contributed by atoms with Gasteiger partial charge in [-0.3, -0.25) is 0 Å². The van der Waals surface area contributed by atoms with Crippen molar-refractivity contribution in [3.63, 3.8) is 0 Å². The number of aliphatic hydroxyl groups excluding tert-OH is 1. The van der Waals surface area contributed by atoms with Crippen molar-refractivity contribution in [1.29, 1.82) is 0 Å². The summed E-state index contributed by atoms with van der Waals surface area (Å²) in [6.45, 7) is 1.65. The molecule has 3 N–H and O–H groups in total. The lowest BCUT2D eigenvalue weighted by Crippen LogP contribution is -2.04. The summed E-state index contributed by atoms with van der Waals surface area (Å²) in [5.41, 5.74) is 2.01. The maximum Gasteiger partial charge on any atom is 0.323 e. The van der Waals surface area contributed by atoms with Gasteiger partial charge in [-0.25, -0.2) is 9.18 Å². The van der Waals surface area contributed by atoms with Crippen LogP contribution in [0.4, 0.5) is 4.39 Å². The first-order chi connectivity index (χ1) is 9.97. The molecule has 4 nitrogen and oxygen atoms in total. The van der Waals surface area contributed by atoms with Crippen LogP contribution < -0.4 is 5.69 Å². The second-order valence-electron chi connectivity index (χ2n) is 4.88. The minimum atomic E-state index is -1.12. The molecule has 0 bridgehead atoms. The molecule has 108 valence electrons. The van der Waals surface area contributed by atoms with Crippen LogP contribution in [0, 0.1) is 12.7 Å². The first-order valence-electron chi connectivity index (χ1n) is 6.32. The molecular formula is C15H12BrFN2O2. The van der Waals surface area contributed by atoms with E-state index in [9.17, 15) is 14.3 Å². The molecule has 0 spiro atoms. The van der Waals surface area contributed by atoms with E-state index >= 15 is 0 Å². The summed E-state index contributed by atoms with van der Waals surface area (Å²) < 4.78 is 14.7. The molecule has 3 rings (SSSR count). The molecular weight excluding hydrogens is 339 g/mol. The van der Waals surface area contributed by atoms with E-state index in [1.54, 1.807) is 37.3 Å². The van der Waals surface area contributed by atoms with Crippen LogP contribution in [-0.4, -0.2) is 15.1 Å². The minimum absolute atomic E-state index is 0.202. The van der Waals surface area contributed by atoms with E-state index in [4.69, 9.17) is 0 Å². The van der Waals surface area contributed by atoms with Crippen molar-refractivity contribution in [3.8, 4) is 0 Å². The molecule has 1 aromatic heterocycles. The highest BCUT2D eigenvalue weighted by Gasteiger charge is 2.19. The van der Waals surface area contributed by atoms with Crippen molar-refractivity contribution in [2.45, 2.75) is 13.0 Å². The summed E-state index contributed by atoms with van der Waals surface area (Å²) in [4.78, 5) is 16.6. The number of rotatable bonds is 2. The van der Waals surface area contributed by atoms with Crippen LogP contribution in [0.25, 0.3) is 11.0 Å². The molecule has 0 fully saturated rings. The molecule has 0 aliphatic heterocycles. The maximum absolute atomic E-state index is 14.1. The SMILES string of the molecule is Cc1cccc(C(O)c2cc3[nH]c(=O)[nH]c3cc2Br)c1F. The van der Waals surface area contributed by atoms with Gasteiger partial charge in [0.05, 0.1) is 11.0 Å². The Labute approximate surface area is 127 Å². The number of fused-ring (bicyclic) bond motifs is 1. The van der Waals surface area contributed by atoms with Crippen LogP contribution in [0.5, 0.6) is 0 Å². The zero-order chi connectivity index (χ0) is 15.1. The number of aliphatic hydroxyl groups is 1. The summed E-state index contributed by atoms with van der Waals surface area (Å²) in [5.74, 6) is -0.431. The molecule has 3 aromatic rings. The van der Waals surface area contributed by atoms with Crippen molar-refractivity contribution >= 4 is 27.0 Å². The number of aromatic nitrogens is 2. The molecule has 1 heterocycles. The zero-order valence-electron chi connectivity index (χ0n) is 11.1. The fraction of sp³-hybridized carbons (Fsp3) is 0.133. The van der Waals surface area contributed by atoms with Crippen LogP contribution in [0.15, 0.2) is 39.6 Å². The normalized spacial score (nSPS) is 12.8. The highest BCUT2D eigenvalue weighted by Crippen LogP contribution is 2.32. The lowest BCUT2D eigenvalue weighted by atomic mass is 9.99. The van der Waals surface area contributed by atoms with Crippen molar-refractivity contribution in [1.82, 2.24) is 9.97 Å². The van der Waals surface area contributed by atoms with Crippen LogP contribution in [0.1, 0.15) is 22.8 Å². The van der Waals surface area contributed by atoms with Gasteiger partial charge in [-0.05, 0) is 24.6 Å². The van der Waals surface area contributed by atoms with Gasteiger partial charge in [0.15, 0.2) is 0 Å². The summed E-state index contributed by atoms with van der Waals surface area (Å²) in [5, 5.41) is 10.5. The van der Waals surface area contributed by atoms with Crippen molar-refractivity contribution in [2.75, 3.05) is 0 Å². The molecule has 1 unspecified atom stereocenters. The Balaban J connectivity index is 2.16. The fourth-order valence-electron chi connectivity index (χ4n) is 2.33. The van der Waals surface area contributed by atoms with Gasteiger partial charge in [0.1, 0.15) is 11.9 Å². The number of aryl methyl sites for hydroxylation is 1. The lowest BCUT2D eigenvalue weighted by molar-refractivity contribution is 0.214. The largest absolute Gasteiger partial charge is 0.384 e. The Morgan fingerprint density at radius 3 is 2.57 bits per heavy atom. The molecule has 0 saturated carbocycles. The molecule has 21 heavy (non-hydrogen) atoms. The lowest BCUT2D eigenvalue weighted by Gasteiger charge is -2.15. The van der Waals surface area contributed by atoms with E-state index in [0.29, 0.717) is 26.6 Å². The predicted octanol–water partition coefficient (Wildman–Crippen LogP) is 3.15. The summed E-state index contributed by atoms with van der Waals surface area (Å²) in [6.07, 6.45) is -1.12. The zero-order valence-corrected chi connectivity index (χ0v) is 12.7. The van der Waals surface area contributed by atoms with Crippen molar-refractivity contribution in [2.24, 2.45) is 0 Å². The third-order valence-corrected chi connectivity index (χ3v) is 4.13. The van der Waals surface area contributed by atoms with Gasteiger partial charge in [0.25, 0.3) is 0 Å². The first-order valence-corrected chi connectivity index (χ1v) is 7.11. The molecule has 0 saturated heterocycles. The van der Waals surface area contributed by atoms with E-state index in [1.165, 1.54) is 0 Å². The second kappa shape index (κ2) is 5.13. The average molecular weight is 351 g/mol. The molecule has 0 aliphatic rings. The molecule has 1 atom stereocenters. The Morgan fingerprint density at radius 1 is 1.19 bits per heavy atom. The third-order valence-electron chi connectivity index (χ3n) is 3.44. The summed E-state index contributed by atoms with van der Waals surface area (Å²) >= 11 is 3.35. The Hall–Kier alpha value is -1.92. The number of H-pyrrole nitrogens is 2. The first kappa shape index (κ1) is 14.0. The summed E-state index contributed by atoms with van der Waals surface area (Å²) in [7, 11) is 0. The Morgan fingerprint density at radius 2 is 1.86 bits per heavy atom. The fourth-order valence-corrected chi connectivity index (χ4v) is 2.89. The van der Waals surface area contributed by atoms with Crippen molar-refractivity contribution < 1.29 is 9.50 Å².